The van der Waals surface area contributed by atoms with Crippen molar-refractivity contribution >= 4 is 12.0 Å². The molecular formula is C13H18N4O3. The van der Waals surface area contributed by atoms with E-state index in [9.17, 15) is 14.7 Å². The zero-order valence-electron chi connectivity index (χ0n) is 11.3. The third-order valence-corrected chi connectivity index (χ3v) is 2.56. The second-order valence-corrected chi connectivity index (χ2v) is 4.15. The maximum atomic E-state index is 12.0. The van der Waals surface area contributed by atoms with E-state index in [0.29, 0.717) is 18.7 Å². The molecule has 1 aromatic heterocycles. The topological polar surface area (TPSA) is 87.5 Å². The number of aliphatic carboxylic acids is 1. The standard InChI is InChI=1S/C13H18N4O3/c1-4-6-17(7-5-2)13(20)15-11(12(18)19)10-8-14-16(3)9-10/h4-5,8-9,11H,1-2,6-7H2,3H3,(H,15,20)(H,18,19). The molecule has 1 heterocycles. The Morgan fingerprint density at radius 3 is 2.50 bits per heavy atom. The molecule has 2 amide bonds. The Hall–Kier alpha value is -2.57. The summed E-state index contributed by atoms with van der Waals surface area (Å²) in [7, 11) is 1.67. The molecule has 0 fully saturated rings. The predicted molar refractivity (Wildman–Crippen MR) is 74.1 cm³/mol. The van der Waals surface area contributed by atoms with E-state index in [-0.39, 0.29) is 0 Å². The summed E-state index contributed by atoms with van der Waals surface area (Å²) >= 11 is 0. The summed E-state index contributed by atoms with van der Waals surface area (Å²) in [5.41, 5.74) is 0.408. The van der Waals surface area contributed by atoms with Crippen LogP contribution in [-0.2, 0) is 11.8 Å². The minimum atomic E-state index is -1.15. The highest BCUT2D eigenvalue weighted by atomic mass is 16.4. The van der Waals surface area contributed by atoms with Gasteiger partial charge < -0.3 is 15.3 Å². The first-order valence-corrected chi connectivity index (χ1v) is 5.98. The molecule has 0 radical (unpaired) electrons. The minimum absolute atomic E-state index is 0.303. The van der Waals surface area contributed by atoms with Crippen molar-refractivity contribution in [1.82, 2.24) is 20.0 Å². The lowest BCUT2D eigenvalue weighted by Gasteiger charge is -2.22. The number of carboxylic acids is 1. The number of nitrogens with one attached hydrogen (secondary N) is 1. The van der Waals surface area contributed by atoms with Crippen molar-refractivity contribution in [3.63, 3.8) is 0 Å². The van der Waals surface area contributed by atoms with Gasteiger partial charge in [0.15, 0.2) is 6.04 Å². The first-order valence-electron chi connectivity index (χ1n) is 5.98. The third kappa shape index (κ3) is 3.98. The van der Waals surface area contributed by atoms with Crippen molar-refractivity contribution in [2.75, 3.05) is 13.1 Å². The van der Waals surface area contributed by atoms with Crippen LogP contribution >= 0.6 is 0 Å². The summed E-state index contributed by atoms with van der Waals surface area (Å²) in [5, 5.41) is 15.6. The van der Waals surface area contributed by atoms with Gasteiger partial charge in [-0.05, 0) is 0 Å². The van der Waals surface area contributed by atoms with Gasteiger partial charge in [-0.2, -0.15) is 5.10 Å². The van der Waals surface area contributed by atoms with Crippen LogP contribution < -0.4 is 5.32 Å². The lowest BCUT2D eigenvalue weighted by molar-refractivity contribution is -0.139. The van der Waals surface area contributed by atoms with Crippen LogP contribution in [0.3, 0.4) is 0 Å². The molecule has 0 aromatic carbocycles. The number of urea groups is 1. The van der Waals surface area contributed by atoms with Gasteiger partial charge in [0, 0.05) is 31.9 Å². The van der Waals surface area contributed by atoms with Crippen LogP contribution in [0.4, 0.5) is 4.79 Å². The van der Waals surface area contributed by atoms with Gasteiger partial charge in [-0.15, -0.1) is 13.2 Å². The second kappa shape index (κ2) is 7.13. The number of hydrogen-bond donors (Lipinski definition) is 2. The molecule has 0 saturated heterocycles. The van der Waals surface area contributed by atoms with Crippen LogP contribution in [0.15, 0.2) is 37.7 Å². The summed E-state index contributed by atoms with van der Waals surface area (Å²) in [6.45, 7) is 7.72. The number of nitrogens with zero attached hydrogens (tertiary/aromatic N) is 3. The zero-order chi connectivity index (χ0) is 15.1. The first kappa shape index (κ1) is 15.5. The van der Waals surface area contributed by atoms with E-state index < -0.39 is 18.0 Å². The number of amides is 2. The Kier molecular flexibility index (Phi) is 5.52. The summed E-state index contributed by atoms with van der Waals surface area (Å²) < 4.78 is 1.47. The molecule has 7 heteroatoms. The normalized spacial score (nSPS) is 11.4. The summed E-state index contributed by atoms with van der Waals surface area (Å²) in [6.07, 6.45) is 6.07. The molecule has 0 aliphatic rings. The number of carboxylic acid groups (broad SMARTS) is 1. The van der Waals surface area contributed by atoms with E-state index in [1.807, 2.05) is 0 Å². The van der Waals surface area contributed by atoms with E-state index in [2.05, 4.69) is 23.6 Å². The van der Waals surface area contributed by atoms with Crippen molar-refractivity contribution in [1.29, 1.82) is 0 Å². The fourth-order valence-electron chi connectivity index (χ4n) is 1.64. The number of hydrogen-bond acceptors (Lipinski definition) is 3. The molecular weight excluding hydrogens is 260 g/mol. The first-order chi connectivity index (χ1) is 9.49. The maximum absolute atomic E-state index is 12.0. The van der Waals surface area contributed by atoms with Crippen LogP contribution in [0.1, 0.15) is 11.6 Å². The fraction of sp³-hybridized carbons (Fsp3) is 0.308. The van der Waals surface area contributed by atoms with E-state index in [4.69, 9.17) is 0 Å². The van der Waals surface area contributed by atoms with Crippen LogP contribution in [0.5, 0.6) is 0 Å². The Morgan fingerprint density at radius 2 is 2.10 bits per heavy atom. The van der Waals surface area contributed by atoms with Gasteiger partial charge in [-0.1, -0.05) is 12.2 Å². The molecule has 1 aromatic rings. The van der Waals surface area contributed by atoms with E-state index >= 15 is 0 Å². The molecule has 0 saturated carbocycles. The second-order valence-electron chi connectivity index (χ2n) is 4.15. The number of carbonyl (C=O) groups excluding carboxylic acids is 1. The van der Waals surface area contributed by atoms with Crippen molar-refractivity contribution in [2.45, 2.75) is 6.04 Å². The molecule has 1 rings (SSSR count). The highest BCUT2D eigenvalue weighted by Gasteiger charge is 2.25. The molecule has 108 valence electrons. The molecule has 0 aliphatic heterocycles. The Balaban J connectivity index is 2.84. The van der Waals surface area contributed by atoms with Crippen molar-refractivity contribution in [3.05, 3.63) is 43.3 Å². The van der Waals surface area contributed by atoms with E-state index in [1.54, 1.807) is 25.4 Å². The SMILES string of the molecule is C=CCN(CC=C)C(=O)NC(C(=O)O)c1cnn(C)c1. The highest BCUT2D eigenvalue weighted by molar-refractivity contribution is 5.83. The Labute approximate surface area is 117 Å². The zero-order valence-corrected chi connectivity index (χ0v) is 11.3. The summed E-state index contributed by atoms with van der Waals surface area (Å²) in [6, 6.07) is -1.64. The van der Waals surface area contributed by atoms with Gasteiger partial charge >= 0.3 is 12.0 Å². The third-order valence-electron chi connectivity index (χ3n) is 2.56. The number of aromatic nitrogens is 2. The molecule has 1 atom stereocenters. The molecule has 0 bridgehead atoms. The van der Waals surface area contributed by atoms with Gasteiger partial charge in [-0.3, -0.25) is 4.68 Å². The van der Waals surface area contributed by atoms with Crippen LogP contribution in [0, 0.1) is 0 Å². The van der Waals surface area contributed by atoms with Gasteiger partial charge in [0.2, 0.25) is 0 Å². The predicted octanol–water partition coefficient (Wildman–Crippen LogP) is 0.929. The van der Waals surface area contributed by atoms with E-state index in [0.717, 1.165) is 0 Å². The largest absolute Gasteiger partial charge is 0.479 e. The van der Waals surface area contributed by atoms with Gasteiger partial charge in [0.05, 0.1) is 6.20 Å². The molecule has 0 aliphatic carbocycles. The lowest BCUT2D eigenvalue weighted by Crippen LogP contribution is -2.43. The van der Waals surface area contributed by atoms with Gasteiger partial charge in [0.25, 0.3) is 0 Å². The Bertz CT molecular complexity index is 499. The molecule has 7 nitrogen and oxygen atoms in total. The monoisotopic (exact) mass is 278 g/mol. The van der Waals surface area contributed by atoms with Crippen molar-refractivity contribution < 1.29 is 14.7 Å². The van der Waals surface area contributed by atoms with Gasteiger partial charge in [-0.25, -0.2) is 9.59 Å². The number of carbonyl (C=O) groups is 2. The Morgan fingerprint density at radius 1 is 1.50 bits per heavy atom. The average Bonchev–Trinajstić information content (AvgIpc) is 2.81. The van der Waals surface area contributed by atoms with Crippen LogP contribution in [0.2, 0.25) is 0 Å². The molecule has 20 heavy (non-hydrogen) atoms. The number of rotatable bonds is 7. The molecule has 2 N–H and O–H groups in total. The highest BCUT2D eigenvalue weighted by Crippen LogP contribution is 2.12. The van der Waals surface area contributed by atoms with Crippen molar-refractivity contribution in [3.8, 4) is 0 Å². The smallest absolute Gasteiger partial charge is 0.331 e. The fourth-order valence-corrected chi connectivity index (χ4v) is 1.64. The lowest BCUT2D eigenvalue weighted by atomic mass is 10.1. The summed E-state index contributed by atoms with van der Waals surface area (Å²) in [5.74, 6) is -1.15. The van der Waals surface area contributed by atoms with Crippen LogP contribution in [0.25, 0.3) is 0 Å². The number of aryl methyl sites for hydroxylation is 1. The van der Waals surface area contributed by atoms with Gasteiger partial charge in [0.1, 0.15) is 0 Å². The molecule has 0 spiro atoms. The maximum Gasteiger partial charge on any atom is 0.331 e. The van der Waals surface area contributed by atoms with Crippen LogP contribution in [-0.4, -0.2) is 44.9 Å². The minimum Gasteiger partial charge on any atom is -0.479 e. The molecule has 1 unspecified atom stereocenters. The van der Waals surface area contributed by atoms with Crippen molar-refractivity contribution in [2.24, 2.45) is 7.05 Å². The van der Waals surface area contributed by atoms with E-state index in [1.165, 1.54) is 15.8 Å². The quantitative estimate of drug-likeness (QED) is 0.726. The summed E-state index contributed by atoms with van der Waals surface area (Å²) in [4.78, 5) is 24.7. The average molecular weight is 278 g/mol.